The predicted octanol–water partition coefficient (Wildman–Crippen LogP) is 4.03. The zero-order valence-electron chi connectivity index (χ0n) is 15.0. The van der Waals surface area contributed by atoms with Gasteiger partial charge in [0.25, 0.3) is 0 Å². The van der Waals surface area contributed by atoms with Crippen molar-refractivity contribution in [2.24, 2.45) is 0 Å². The van der Waals surface area contributed by atoms with E-state index >= 15 is 0 Å². The number of anilines is 1. The van der Waals surface area contributed by atoms with Crippen molar-refractivity contribution < 1.29 is 9.50 Å². The molecule has 4 rings (SSSR count). The third kappa shape index (κ3) is 3.55. The van der Waals surface area contributed by atoms with Gasteiger partial charge in [0, 0.05) is 40.9 Å². The monoisotopic (exact) mass is 381 g/mol. The Bertz CT molecular complexity index is 962. The lowest BCUT2D eigenvalue weighted by Crippen LogP contribution is -2.24. The Hall–Kier alpha value is -2.44. The van der Waals surface area contributed by atoms with Gasteiger partial charge in [-0.1, -0.05) is 18.2 Å². The van der Waals surface area contributed by atoms with Crippen LogP contribution in [0.4, 0.5) is 10.2 Å². The van der Waals surface area contributed by atoms with Crippen LogP contribution in [0, 0.1) is 5.82 Å². The summed E-state index contributed by atoms with van der Waals surface area (Å²) in [6, 6.07) is 14.5. The van der Waals surface area contributed by atoms with E-state index in [0.717, 1.165) is 40.4 Å². The summed E-state index contributed by atoms with van der Waals surface area (Å²) >= 11 is 1.82. The first-order valence-electron chi connectivity index (χ1n) is 8.88. The first-order chi connectivity index (χ1) is 13.2. The molecule has 4 nitrogen and oxygen atoms in total. The van der Waals surface area contributed by atoms with E-state index in [1.165, 1.54) is 17.0 Å². The fraction of sp³-hybridized carbons (Fsp3) is 0.238. The van der Waals surface area contributed by atoms with E-state index in [1.807, 2.05) is 35.8 Å². The number of thioether (sulfide) groups is 1. The topological polar surface area (TPSA) is 49.2 Å². The lowest BCUT2D eigenvalue weighted by Gasteiger charge is -2.22. The first-order valence-corrected chi connectivity index (χ1v) is 9.87. The van der Waals surface area contributed by atoms with E-state index in [0.29, 0.717) is 12.4 Å². The summed E-state index contributed by atoms with van der Waals surface area (Å²) in [5.41, 5.74) is 3.88. The maximum absolute atomic E-state index is 13.4. The molecule has 1 N–H and O–H groups in total. The first kappa shape index (κ1) is 17.9. The number of aromatic nitrogens is 2. The minimum Gasteiger partial charge on any atom is -0.395 e. The number of rotatable bonds is 4. The van der Waals surface area contributed by atoms with Crippen LogP contribution < -0.4 is 4.90 Å². The van der Waals surface area contributed by atoms with Crippen LogP contribution in [-0.4, -0.2) is 41.0 Å². The van der Waals surface area contributed by atoms with Gasteiger partial charge >= 0.3 is 0 Å². The number of likely N-dealkylation sites (N-methyl/N-ethyl adjacent to an activating group) is 1. The fourth-order valence-corrected chi connectivity index (χ4v) is 4.30. The summed E-state index contributed by atoms with van der Waals surface area (Å²) in [5, 5.41) is 9.40. The van der Waals surface area contributed by atoms with Crippen LogP contribution in [0.2, 0.25) is 0 Å². The molecule has 1 aliphatic rings. The van der Waals surface area contributed by atoms with Gasteiger partial charge in [0.15, 0.2) is 5.82 Å². The quantitative estimate of drug-likeness (QED) is 0.740. The second-order valence-corrected chi connectivity index (χ2v) is 7.58. The Balaban J connectivity index is 1.95. The van der Waals surface area contributed by atoms with Crippen molar-refractivity contribution in [3.8, 4) is 22.6 Å². The summed E-state index contributed by atoms with van der Waals surface area (Å²) in [5.74, 6) is 2.05. The lowest BCUT2D eigenvalue weighted by atomic mass is 10.0. The SMILES string of the molecule is CN(CCO)c1nc(-c2ccc(F)cc2)nc2c1CCSc1ccccc1-2. The molecule has 1 aliphatic heterocycles. The van der Waals surface area contributed by atoms with Gasteiger partial charge in [-0.3, -0.25) is 0 Å². The molecule has 0 saturated carbocycles. The van der Waals surface area contributed by atoms with Crippen molar-refractivity contribution in [2.45, 2.75) is 11.3 Å². The Morgan fingerprint density at radius 2 is 1.89 bits per heavy atom. The number of aliphatic hydroxyl groups excluding tert-OH is 1. The zero-order chi connectivity index (χ0) is 18.8. The fourth-order valence-electron chi connectivity index (χ4n) is 3.28. The highest BCUT2D eigenvalue weighted by molar-refractivity contribution is 7.99. The average molecular weight is 381 g/mol. The Morgan fingerprint density at radius 3 is 2.67 bits per heavy atom. The second kappa shape index (κ2) is 7.66. The molecule has 0 aliphatic carbocycles. The third-order valence-corrected chi connectivity index (χ3v) is 5.71. The van der Waals surface area contributed by atoms with Gasteiger partial charge in [-0.2, -0.15) is 0 Å². The maximum atomic E-state index is 13.4. The van der Waals surface area contributed by atoms with Crippen molar-refractivity contribution in [2.75, 3.05) is 30.9 Å². The Morgan fingerprint density at radius 1 is 1.11 bits per heavy atom. The van der Waals surface area contributed by atoms with Gasteiger partial charge in [0.1, 0.15) is 11.6 Å². The molecule has 0 bridgehead atoms. The van der Waals surface area contributed by atoms with Gasteiger partial charge in [-0.15, -0.1) is 11.8 Å². The van der Waals surface area contributed by atoms with E-state index in [1.54, 1.807) is 12.1 Å². The van der Waals surface area contributed by atoms with Crippen LogP contribution in [0.15, 0.2) is 53.4 Å². The summed E-state index contributed by atoms with van der Waals surface area (Å²) in [6.07, 6.45) is 0.851. The number of aliphatic hydroxyl groups is 1. The lowest BCUT2D eigenvalue weighted by molar-refractivity contribution is 0.303. The smallest absolute Gasteiger partial charge is 0.162 e. The molecule has 0 unspecified atom stereocenters. The van der Waals surface area contributed by atoms with Gasteiger partial charge in [0.05, 0.1) is 12.3 Å². The molecule has 0 spiro atoms. The van der Waals surface area contributed by atoms with Gasteiger partial charge in [0.2, 0.25) is 0 Å². The normalized spacial score (nSPS) is 12.9. The number of benzene rings is 2. The molecule has 2 heterocycles. The van der Waals surface area contributed by atoms with Crippen molar-refractivity contribution in [1.29, 1.82) is 0 Å². The van der Waals surface area contributed by atoms with Crippen LogP contribution in [-0.2, 0) is 6.42 Å². The minimum atomic E-state index is -0.284. The van der Waals surface area contributed by atoms with E-state index in [9.17, 15) is 9.50 Å². The molecule has 0 atom stereocenters. The molecule has 0 radical (unpaired) electrons. The van der Waals surface area contributed by atoms with Crippen molar-refractivity contribution >= 4 is 17.6 Å². The van der Waals surface area contributed by atoms with Crippen LogP contribution in [0.5, 0.6) is 0 Å². The predicted molar refractivity (Wildman–Crippen MR) is 108 cm³/mol. The Labute approximate surface area is 162 Å². The van der Waals surface area contributed by atoms with E-state index in [4.69, 9.17) is 9.97 Å². The largest absolute Gasteiger partial charge is 0.395 e. The van der Waals surface area contributed by atoms with Crippen molar-refractivity contribution in [3.05, 3.63) is 59.9 Å². The standard InChI is InChI=1S/C21H20FN3OS/c1-25(11-12-26)21-17-10-13-27-18-5-3-2-4-16(18)19(17)23-20(24-21)14-6-8-15(22)9-7-14/h2-9,26H,10-13H2,1H3. The van der Waals surface area contributed by atoms with Crippen molar-refractivity contribution in [3.63, 3.8) is 0 Å². The third-order valence-electron chi connectivity index (χ3n) is 4.64. The zero-order valence-corrected chi connectivity index (χ0v) is 15.8. The number of nitrogens with zero attached hydrogens (tertiary/aromatic N) is 3. The molecule has 3 aromatic rings. The molecule has 0 fully saturated rings. The van der Waals surface area contributed by atoms with Gasteiger partial charge in [-0.25, -0.2) is 14.4 Å². The van der Waals surface area contributed by atoms with Gasteiger partial charge < -0.3 is 10.0 Å². The molecule has 1 aromatic heterocycles. The van der Waals surface area contributed by atoms with Crippen LogP contribution in [0.25, 0.3) is 22.6 Å². The summed E-state index contributed by atoms with van der Waals surface area (Å²) in [7, 11) is 1.93. The summed E-state index contributed by atoms with van der Waals surface area (Å²) in [4.78, 5) is 12.8. The Kier molecular flexibility index (Phi) is 5.09. The number of hydrogen-bond donors (Lipinski definition) is 1. The number of halogens is 1. The molecular weight excluding hydrogens is 361 g/mol. The van der Waals surface area contributed by atoms with E-state index in [-0.39, 0.29) is 12.4 Å². The average Bonchev–Trinajstić information content (AvgIpc) is 2.87. The van der Waals surface area contributed by atoms with E-state index < -0.39 is 0 Å². The van der Waals surface area contributed by atoms with Crippen LogP contribution in [0.1, 0.15) is 5.56 Å². The highest BCUT2D eigenvalue weighted by Gasteiger charge is 2.23. The highest BCUT2D eigenvalue weighted by atomic mass is 32.2. The highest BCUT2D eigenvalue weighted by Crippen LogP contribution is 2.40. The minimum absolute atomic E-state index is 0.0481. The van der Waals surface area contributed by atoms with Crippen molar-refractivity contribution in [1.82, 2.24) is 9.97 Å². The molecule has 6 heteroatoms. The van der Waals surface area contributed by atoms with E-state index in [2.05, 4.69) is 12.1 Å². The van der Waals surface area contributed by atoms with Gasteiger partial charge in [-0.05, 0) is 36.8 Å². The van der Waals surface area contributed by atoms with Crippen LogP contribution >= 0.6 is 11.8 Å². The number of hydrogen-bond acceptors (Lipinski definition) is 5. The molecule has 0 saturated heterocycles. The molecular formula is C21H20FN3OS. The van der Waals surface area contributed by atoms with Crippen LogP contribution in [0.3, 0.4) is 0 Å². The number of fused-ring (bicyclic) bond motifs is 3. The summed E-state index contributed by atoms with van der Waals surface area (Å²) in [6.45, 7) is 0.535. The molecule has 138 valence electrons. The molecule has 0 amide bonds. The molecule has 27 heavy (non-hydrogen) atoms. The summed E-state index contributed by atoms with van der Waals surface area (Å²) < 4.78 is 13.4. The maximum Gasteiger partial charge on any atom is 0.162 e. The second-order valence-electron chi connectivity index (χ2n) is 6.44. The molecule has 2 aromatic carbocycles.